The van der Waals surface area contributed by atoms with Crippen molar-refractivity contribution in [3.05, 3.63) is 78.7 Å². The van der Waals surface area contributed by atoms with E-state index >= 15 is 0 Å². The Bertz CT molecular complexity index is 1040. The molecule has 2 aliphatic carbocycles. The summed E-state index contributed by atoms with van der Waals surface area (Å²) in [7, 11) is 1.61. The van der Waals surface area contributed by atoms with Crippen LogP contribution in [0.5, 0.6) is 0 Å². The molecule has 3 rings (SSSR count). The molecule has 0 spiro atoms. The first-order valence-electron chi connectivity index (χ1n) is 11.2. The first-order chi connectivity index (χ1) is 16.6. The van der Waals surface area contributed by atoms with Gasteiger partial charge in [-0.15, -0.1) is 0 Å². The number of benzene rings is 1. The zero-order chi connectivity index (χ0) is 25.6. The van der Waals surface area contributed by atoms with Gasteiger partial charge in [0.05, 0.1) is 17.7 Å². The molecule has 0 radical (unpaired) electrons. The number of halogens is 3. The highest BCUT2D eigenvalue weighted by Crippen LogP contribution is 2.31. The van der Waals surface area contributed by atoms with Crippen molar-refractivity contribution in [3.8, 4) is 0 Å². The Labute approximate surface area is 202 Å². The van der Waals surface area contributed by atoms with Crippen LogP contribution >= 0.6 is 0 Å². The van der Waals surface area contributed by atoms with Gasteiger partial charge in [-0.1, -0.05) is 49.1 Å². The molecule has 7 nitrogen and oxygen atoms in total. The summed E-state index contributed by atoms with van der Waals surface area (Å²) in [5.74, 6) is -0.0555. The number of nitrogens with two attached hydrogens (primary N) is 1. The molecule has 2 aliphatic rings. The van der Waals surface area contributed by atoms with Crippen LogP contribution in [-0.4, -0.2) is 47.7 Å². The number of hydrogen-bond acceptors (Lipinski definition) is 4. The van der Waals surface area contributed by atoms with Crippen molar-refractivity contribution in [1.82, 2.24) is 9.80 Å². The van der Waals surface area contributed by atoms with Crippen LogP contribution in [0.2, 0.25) is 0 Å². The zero-order valence-electron chi connectivity index (χ0n) is 19.4. The maximum absolute atomic E-state index is 13.6. The molecular formula is C25H29F3N4O3. The summed E-state index contributed by atoms with van der Waals surface area (Å²) < 4.78 is 44.8. The van der Waals surface area contributed by atoms with Crippen LogP contribution in [0.1, 0.15) is 24.8 Å². The third-order valence-corrected chi connectivity index (χ3v) is 5.91. The summed E-state index contributed by atoms with van der Waals surface area (Å²) in [5, 5.41) is 2.79. The van der Waals surface area contributed by atoms with Crippen LogP contribution in [0.4, 0.5) is 28.4 Å². The normalized spacial score (nSPS) is 21.4. The van der Waals surface area contributed by atoms with Crippen LogP contribution in [0, 0.1) is 5.92 Å². The highest BCUT2D eigenvalue weighted by atomic mass is 19.4. The van der Waals surface area contributed by atoms with Crippen molar-refractivity contribution in [3.63, 3.8) is 0 Å². The maximum atomic E-state index is 13.6. The Kier molecular flexibility index (Phi) is 8.39. The van der Waals surface area contributed by atoms with E-state index in [1.807, 2.05) is 18.2 Å². The van der Waals surface area contributed by atoms with Gasteiger partial charge in [-0.25, -0.2) is 14.5 Å². The van der Waals surface area contributed by atoms with Gasteiger partial charge in [0.15, 0.2) is 0 Å². The Morgan fingerprint density at radius 1 is 1.20 bits per heavy atom. The summed E-state index contributed by atoms with van der Waals surface area (Å²) >= 11 is 0. The number of rotatable bonds is 7. The maximum Gasteiger partial charge on any atom is 0.416 e. The molecule has 3 unspecified atom stereocenters. The van der Waals surface area contributed by atoms with Gasteiger partial charge in [0.1, 0.15) is 5.82 Å². The van der Waals surface area contributed by atoms with Crippen LogP contribution in [-0.2, 0) is 10.9 Å². The summed E-state index contributed by atoms with van der Waals surface area (Å²) in [4.78, 5) is 28.1. The van der Waals surface area contributed by atoms with E-state index in [4.69, 9.17) is 10.5 Å². The van der Waals surface area contributed by atoms with E-state index in [1.54, 1.807) is 25.3 Å². The lowest BCUT2D eigenvalue weighted by atomic mass is 9.93. The number of urea groups is 2. The molecule has 0 fully saturated rings. The average Bonchev–Trinajstić information content (AvgIpc) is 2.83. The van der Waals surface area contributed by atoms with Crippen molar-refractivity contribution in [2.75, 3.05) is 19.0 Å². The molecule has 0 saturated carbocycles. The molecule has 0 saturated heterocycles. The van der Waals surface area contributed by atoms with E-state index in [9.17, 15) is 22.8 Å². The lowest BCUT2D eigenvalue weighted by Crippen LogP contribution is -2.53. The second-order valence-electron chi connectivity index (χ2n) is 8.36. The molecular weight excluding hydrogens is 461 g/mol. The van der Waals surface area contributed by atoms with Crippen molar-refractivity contribution in [2.45, 2.75) is 37.6 Å². The number of allylic oxidation sites excluding steroid dienone is 2. The second-order valence-corrected chi connectivity index (χ2v) is 8.36. The number of imide groups is 1. The number of methoxy groups -OCH3 is 1. The highest BCUT2D eigenvalue weighted by Gasteiger charge is 2.34. The molecule has 0 aliphatic heterocycles. The van der Waals surface area contributed by atoms with Gasteiger partial charge < -0.3 is 15.8 Å². The summed E-state index contributed by atoms with van der Waals surface area (Å²) in [6.45, 7) is 4.05. The van der Waals surface area contributed by atoms with Crippen LogP contribution in [0.3, 0.4) is 0 Å². The fourth-order valence-corrected chi connectivity index (χ4v) is 4.03. The number of amides is 4. The number of carbonyl (C=O) groups excluding carboxylic acids is 2. The van der Waals surface area contributed by atoms with Gasteiger partial charge >= 0.3 is 18.2 Å². The number of primary amides is 1. The topological polar surface area (TPSA) is 87.9 Å². The number of ether oxygens (including phenoxy) is 1. The second kappa shape index (κ2) is 11.3. The monoisotopic (exact) mass is 490 g/mol. The van der Waals surface area contributed by atoms with E-state index in [-0.39, 0.29) is 30.1 Å². The smallest absolute Gasteiger partial charge is 0.377 e. The third kappa shape index (κ3) is 6.75. The average molecular weight is 491 g/mol. The molecule has 4 amide bonds. The first kappa shape index (κ1) is 26.1. The molecule has 0 heterocycles. The van der Waals surface area contributed by atoms with E-state index in [1.165, 1.54) is 17.0 Å². The quantitative estimate of drug-likeness (QED) is 0.511. The van der Waals surface area contributed by atoms with Crippen molar-refractivity contribution in [2.24, 2.45) is 11.7 Å². The first-order valence-corrected chi connectivity index (χ1v) is 11.2. The van der Waals surface area contributed by atoms with Crippen LogP contribution < -0.4 is 11.1 Å². The number of anilines is 1. The van der Waals surface area contributed by atoms with Crippen molar-refractivity contribution in [1.29, 1.82) is 0 Å². The van der Waals surface area contributed by atoms with Crippen LogP contribution in [0.15, 0.2) is 73.1 Å². The lowest BCUT2D eigenvalue weighted by Gasteiger charge is -2.36. The molecule has 3 N–H and O–H groups in total. The molecule has 1 aromatic carbocycles. The summed E-state index contributed by atoms with van der Waals surface area (Å²) in [5.41, 5.74) is 4.84. The minimum atomic E-state index is -4.52. The van der Waals surface area contributed by atoms with Crippen molar-refractivity contribution >= 4 is 17.7 Å². The number of nitrogens with one attached hydrogen (secondary N) is 1. The highest BCUT2D eigenvalue weighted by molar-refractivity contribution is 5.94. The molecule has 35 heavy (non-hydrogen) atoms. The van der Waals surface area contributed by atoms with Gasteiger partial charge in [0, 0.05) is 19.3 Å². The molecule has 0 bridgehead atoms. The molecule has 0 aromatic heterocycles. The summed E-state index contributed by atoms with van der Waals surface area (Å²) in [6.07, 6.45) is 8.12. The van der Waals surface area contributed by atoms with Crippen LogP contribution in [0.25, 0.3) is 0 Å². The minimum Gasteiger partial charge on any atom is -0.377 e. The fourth-order valence-electron chi connectivity index (χ4n) is 4.03. The van der Waals surface area contributed by atoms with Gasteiger partial charge in [0.25, 0.3) is 0 Å². The van der Waals surface area contributed by atoms with Gasteiger partial charge in [-0.3, -0.25) is 4.90 Å². The zero-order valence-corrected chi connectivity index (χ0v) is 19.4. The molecule has 3 atom stereocenters. The molecule has 1 aromatic rings. The number of hydrogen-bond donors (Lipinski definition) is 2. The minimum absolute atomic E-state index is 0.0249. The van der Waals surface area contributed by atoms with E-state index in [0.717, 1.165) is 23.5 Å². The largest absolute Gasteiger partial charge is 0.416 e. The van der Waals surface area contributed by atoms with E-state index in [0.29, 0.717) is 12.8 Å². The van der Waals surface area contributed by atoms with Gasteiger partial charge in [-0.05, 0) is 43.4 Å². The Morgan fingerprint density at radius 2 is 1.97 bits per heavy atom. The lowest BCUT2D eigenvalue weighted by molar-refractivity contribution is -0.137. The van der Waals surface area contributed by atoms with E-state index < -0.39 is 29.8 Å². The van der Waals surface area contributed by atoms with Crippen molar-refractivity contribution < 1.29 is 27.5 Å². The Morgan fingerprint density at radius 3 is 2.54 bits per heavy atom. The summed E-state index contributed by atoms with van der Waals surface area (Å²) in [6, 6.07) is 2.34. The van der Waals surface area contributed by atoms with E-state index in [2.05, 4.69) is 11.9 Å². The SMILES string of the molecule is C=C(Nc1cccc(C(F)(F)F)c1)N(CC1C=CC(OC)CC1)C(=O)N(C(N)=O)C1C=CC=CC1. The number of nitrogens with zero attached hydrogens (tertiary/aromatic N) is 2. The Hall–Kier alpha value is -3.53. The third-order valence-electron chi connectivity index (χ3n) is 5.91. The van der Waals surface area contributed by atoms with Gasteiger partial charge in [-0.2, -0.15) is 13.2 Å². The Balaban J connectivity index is 1.87. The number of carbonyl (C=O) groups is 2. The molecule has 10 heteroatoms. The standard InChI is InChI=1S/C25H29F3N4O3/c1-17(30-20-8-6-7-19(15-20)25(26,27)28)31(16-18-11-13-22(35-2)14-12-18)24(34)32(23(29)33)21-9-4-3-5-10-21/h3-9,11,13,15,18,21-22,30H,1,10,12,14,16H2,2H3,(H2,29,33). The predicted octanol–water partition coefficient (Wildman–Crippen LogP) is 5.26. The fraction of sp³-hybridized carbons (Fsp3) is 0.360. The molecule has 188 valence electrons. The predicted molar refractivity (Wildman–Crippen MR) is 127 cm³/mol. The van der Waals surface area contributed by atoms with Gasteiger partial charge in [0.2, 0.25) is 0 Å². The number of alkyl halides is 3.